The second-order valence-corrected chi connectivity index (χ2v) is 7.32. The lowest BCUT2D eigenvalue weighted by Gasteiger charge is -2.01. The number of hydrogen-bond acceptors (Lipinski definition) is 4. The molecule has 0 aliphatic rings. The molecular weight excluding hydrogens is 516 g/mol. The van der Waals surface area contributed by atoms with Crippen LogP contribution in [0.1, 0.15) is 18.1 Å². The normalized spacial score (nSPS) is 11.0. The van der Waals surface area contributed by atoms with Crippen LogP contribution >= 0.6 is 47.8 Å². The lowest BCUT2D eigenvalue weighted by atomic mass is 10.1. The van der Waals surface area contributed by atoms with Gasteiger partial charge in [-0.3, -0.25) is 0 Å². The molecule has 2 aromatic carbocycles. The Morgan fingerprint density at radius 3 is 2.28 bits per heavy atom. The fraction of sp³-hybridized carbons (Fsp3) is 0.222. The van der Waals surface area contributed by atoms with Crippen LogP contribution in [0.15, 0.2) is 66.2 Å². The molecule has 2 aromatic rings. The predicted molar refractivity (Wildman–Crippen MR) is 114 cm³/mol. The maximum Gasteiger partial charge on any atom is 0.106 e. The number of benzene rings is 2. The quantitative estimate of drug-likeness (QED) is 0.338. The van der Waals surface area contributed by atoms with Crippen LogP contribution in [0.5, 0.6) is 0 Å². The van der Waals surface area contributed by atoms with Crippen LogP contribution < -0.4 is 0 Å². The predicted octanol–water partition coefficient (Wildman–Crippen LogP) is 6.21. The van der Waals surface area contributed by atoms with Crippen LogP contribution in [-0.2, 0) is 16.1 Å². The number of hydrogen-bond donors (Lipinski definition) is 0. The van der Waals surface area contributed by atoms with Gasteiger partial charge in [0.25, 0.3) is 0 Å². The zero-order chi connectivity index (χ0) is 18.7. The van der Waals surface area contributed by atoms with Gasteiger partial charge < -0.3 is 9.68 Å². The first-order valence-electron chi connectivity index (χ1n) is 7.31. The molecule has 0 radical (unpaired) electrons. The van der Waals surface area contributed by atoms with Gasteiger partial charge in [-0.15, -0.1) is 0 Å². The Bertz CT molecular complexity index is 734. The summed E-state index contributed by atoms with van der Waals surface area (Å²) in [6, 6.07) is 14.0. The Morgan fingerprint density at radius 2 is 1.68 bits per heavy atom. The van der Waals surface area contributed by atoms with Crippen LogP contribution in [0.3, 0.4) is 0 Å². The van der Waals surface area contributed by atoms with E-state index >= 15 is 0 Å². The molecular formula is C18H19Br3N2O2. The van der Waals surface area contributed by atoms with E-state index in [9.17, 15) is 0 Å². The molecule has 0 aliphatic heterocycles. The first kappa shape index (κ1) is 21.9. The topological polar surface area (TPSA) is 43.2 Å². The maximum atomic E-state index is 4.69. The van der Waals surface area contributed by atoms with Gasteiger partial charge in [-0.1, -0.05) is 50.5 Å². The zero-order valence-corrected chi connectivity index (χ0v) is 18.9. The SMILES string of the molecule is CON=C(C)c1ccc(Br)c(Br)c1.CON=CCc1ccccc1Br. The summed E-state index contributed by atoms with van der Waals surface area (Å²) >= 11 is 10.3. The van der Waals surface area contributed by atoms with Crippen molar-refractivity contribution in [2.24, 2.45) is 10.3 Å². The molecule has 0 saturated carbocycles. The summed E-state index contributed by atoms with van der Waals surface area (Å²) in [6.07, 6.45) is 2.52. The highest BCUT2D eigenvalue weighted by Gasteiger charge is 2.01. The van der Waals surface area contributed by atoms with Crippen molar-refractivity contribution in [3.63, 3.8) is 0 Å². The van der Waals surface area contributed by atoms with Gasteiger partial charge in [-0.25, -0.2) is 0 Å². The van der Waals surface area contributed by atoms with Crippen LogP contribution in [0.4, 0.5) is 0 Å². The fourth-order valence-corrected chi connectivity index (χ4v) is 2.86. The van der Waals surface area contributed by atoms with Gasteiger partial charge >= 0.3 is 0 Å². The van der Waals surface area contributed by atoms with Crippen molar-refractivity contribution in [1.29, 1.82) is 0 Å². The number of nitrogens with zero attached hydrogens (tertiary/aromatic N) is 2. The third-order valence-corrected chi connectivity index (χ3v) is 5.67. The van der Waals surface area contributed by atoms with Gasteiger partial charge in [-0.2, -0.15) is 0 Å². The second-order valence-electron chi connectivity index (χ2n) is 4.75. The molecule has 0 saturated heterocycles. The molecule has 2 rings (SSSR count). The summed E-state index contributed by atoms with van der Waals surface area (Å²) in [7, 11) is 3.08. The van der Waals surface area contributed by atoms with Crippen molar-refractivity contribution in [2.45, 2.75) is 13.3 Å². The minimum absolute atomic E-state index is 0.787. The summed E-state index contributed by atoms with van der Waals surface area (Å²) in [5, 5.41) is 7.51. The smallest absolute Gasteiger partial charge is 0.106 e. The third kappa shape index (κ3) is 8.16. The minimum Gasteiger partial charge on any atom is -0.399 e. The number of halogens is 3. The van der Waals surface area contributed by atoms with Crippen molar-refractivity contribution >= 4 is 59.7 Å². The molecule has 25 heavy (non-hydrogen) atoms. The highest BCUT2D eigenvalue weighted by atomic mass is 79.9. The summed E-state index contributed by atoms with van der Waals surface area (Å²) < 4.78 is 3.14. The fourth-order valence-electron chi connectivity index (χ4n) is 1.78. The molecule has 0 amide bonds. The Labute approximate surface area is 173 Å². The van der Waals surface area contributed by atoms with E-state index in [0.717, 1.165) is 31.1 Å². The maximum absolute atomic E-state index is 4.69. The van der Waals surface area contributed by atoms with Crippen molar-refractivity contribution in [3.05, 3.63) is 67.0 Å². The molecule has 0 bridgehead atoms. The number of oxime groups is 2. The molecule has 0 spiro atoms. The summed E-state index contributed by atoms with van der Waals surface area (Å²) in [5.74, 6) is 0. The molecule has 0 unspecified atom stereocenters. The highest BCUT2D eigenvalue weighted by molar-refractivity contribution is 9.13. The summed E-state index contributed by atoms with van der Waals surface area (Å²) in [4.78, 5) is 9.25. The van der Waals surface area contributed by atoms with Crippen molar-refractivity contribution in [1.82, 2.24) is 0 Å². The van der Waals surface area contributed by atoms with Gasteiger partial charge in [0.05, 0.1) is 5.71 Å². The van der Waals surface area contributed by atoms with Crippen molar-refractivity contribution < 1.29 is 9.68 Å². The average molecular weight is 535 g/mol. The van der Waals surface area contributed by atoms with Crippen molar-refractivity contribution in [3.8, 4) is 0 Å². The van der Waals surface area contributed by atoms with Gasteiger partial charge in [0.1, 0.15) is 14.2 Å². The number of rotatable bonds is 5. The summed E-state index contributed by atoms with van der Waals surface area (Å²) in [5.41, 5.74) is 3.10. The molecule has 0 atom stereocenters. The lowest BCUT2D eigenvalue weighted by molar-refractivity contribution is 0.213. The Morgan fingerprint density at radius 1 is 0.960 bits per heavy atom. The van der Waals surface area contributed by atoms with Crippen LogP contribution in [0.25, 0.3) is 0 Å². The van der Waals surface area contributed by atoms with E-state index in [4.69, 9.17) is 0 Å². The third-order valence-electron chi connectivity index (χ3n) is 3.01. The molecule has 0 N–H and O–H groups in total. The van der Waals surface area contributed by atoms with Gasteiger partial charge in [0.2, 0.25) is 0 Å². The van der Waals surface area contributed by atoms with Gasteiger partial charge in [0.15, 0.2) is 0 Å². The molecule has 4 nitrogen and oxygen atoms in total. The molecule has 0 fully saturated rings. The van der Waals surface area contributed by atoms with Crippen LogP contribution in [0.2, 0.25) is 0 Å². The lowest BCUT2D eigenvalue weighted by Crippen LogP contribution is -1.94. The molecule has 7 heteroatoms. The first-order valence-corrected chi connectivity index (χ1v) is 9.69. The Hall–Kier alpha value is -1.18. The van der Waals surface area contributed by atoms with E-state index in [1.165, 1.54) is 19.8 Å². The van der Waals surface area contributed by atoms with Crippen molar-refractivity contribution in [2.75, 3.05) is 14.2 Å². The second kappa shape index (κ2) is 12.2. The van der Waals surface area contributed by atoms with Gasteiger partial charge in [-0.05, 0) is 62.5 Å². The van der Waals surface area contributed by atoms with E-state index in [0.29, 0.717) is 0 Å². The van der Waals surface area contributed by atoms with E-state index in [1.807, 2.05) is 49.4 Å². The van der Waals surface area contributed by atoms with Gasteiger partial charge in [0, 0.05) is 31.6 Å². The Balaban J connectivity index is 0.000000251. The monoisotopic (exact) mass is 532 g/mol. The molecule has 0 aromatic heterocycles. The van der Waals surface area contributed by atoms with E-state index in [2.05, 4.69) is 67.8 Å². The van der Waals surface area contributed by atoms with E-state index < -0.39 is 0 Å². The van der Waals surface area contributed by atoms with E-state index in [1.54, 1.807) is 6.21 Å². The summed E-state index contributed by atoms with van der Waals surface area (Å²) in [6.45, 7) is 1.90. The molecule has 0 aliphatic carbocycles. The molecule has 0 heterocycles. The molecule has 134 valence electrons. The average Bonchev–Trinajstić information content (AvgIpc) is 2.60. The largest absolute Gasteiger partial charge is 0.399 e. The van der Waals surface area contributed by atoms with Crippen LogP contribution in [0, 0.1) is 0 Å². The van der Waals surface area contributed by atoms with E-state index in [-0.39, 0.29) is 0 Å². The minimum atomic E-state index is 0.787. The van der Waals surface area contributed by atoms with Crippen LogP contribution in [-0.4, -0.2) is 26.1 Å². The standard InChI is InChI=1S/C9H9Br2NO.C9H10BrNO/c1-6(12-13-2)7-3-4-8(10)9(11)5-7;1-12-11-7-6-8-4-2-3-5-9(8)10/h3-5H,1-2H3;2-5,7H,6H2,1H3. The Kier molecular flexibility index (Phi) is 10.7. The first-order chi connectivity index (χ1) is 12.0. The highest BCUT2D eigenvalue weighted by Crippen LogP contribution is 2.24. The zero-order valence-electron chi connectivity index (χ0n) is 14.2.